The Balaban J connectivity index is 2.20. The van der Waals surface area contributed by atoms with Crippen molar-refractivity contribution in [3.63, 3.8) is 0 Å². The number of benzene rings is 3. The Morgan fingerprint density at radius 3 is 1.83 bits per heavy atom. The second kappa shape index (κ2) is 7.26. The predicted octanol–water partition coefficient (Wildman–Crippen LogP) is 7.00. The van der Waals surface area contributed by atoms with Crippen molar-refractivity contribution in [1.29, 1.82) is 0 Å². The molecule has 0 unspecified atom stereocenters. The Morgan fingerprint density at radius 1 is 0.828 bits per heavy atom. The van der Waals surface area contributed by atoms with Crippen molar-refractivity contribution in [1.82, 2.24) is 0 Å². The van der Waals surface area contributed by atoms with E-state index in [-0.39, 0.29) is 5.41 Å². The third-order valence-corrected chi connectivity index (χ3v) is 6.12. The molecule has 0 aromatic heterocycles. The first-order valence-electron chi connectivity index (χ1n) is 10.1. The van der Waals surface area contributed by atoms with E-state index in [1.165, 1.54) is 44.5 Å². The molecule has 0 spiro atoms. The Bertz CT molecular complexity index is 1110. The van der Waals surface area contributed by atoms with Gasteiger partial charge in [-0.15, -0.1) is 6.42 Å². The summed E-state index contributed by atoms with van der Waals surface area (Å²) in [6, 6.07) is 26.6. The molecule has 0 atom stereocenters. The maximum Gasteiger partial charge on any atom is 0.0710 e. The van der Waals surface area contributed by atoms with Crippen LogP contribution in [-0.2, 0) is 5.41 Å². The summed E-state index contributed by atoms with van der Waals surface area (Å²) >= 11 is 0. The normalized spacial score (nSPS) is 17.7. The van der Waals surface area contributed by atoms with Crippen LogP contribution in [0.1, 0.15) is 47.2 Å². The van der Waals surface area contributed by atoms with E-state index in [0.717, 1.165) is 5.57 Å². The van der Waals surface area contributed by atoms with Gasteiger partial charge in [-0.2, -0.15) is 0 Å². The molecule has 0 aliphatic heterocycles. The highest BCUT2D eigenvalue weighted by Crippen LogP contribution is 2.57. The Morgan fingerprint density at radius 2 is 1.34 bits per heavy atom. The summed E-state index contributed by atoms with van der Waals surface area (Å²) < 4.78 is 0. The molecule has 1 aliphatic rings. The second-order valence-electron chi connectivity index (χ2n) is 7.87. The highest BCUT2D eigenvalue weighted by atomic mass is 14.5. The van der Waals surface area contributed by atoms with E-state index in [2.05, 4.69) is 112 Å². The summed E-state index contributed by atoms with van der Waals surface area (Å²) in [7, 11) is 0. The maximum absolute atomic E-state index is 5.90. The number of aryl methyl sites for hydroxylation is 2. The zero-order chi connectivity index (χ0) is 20.6. The zero-order valence-electron chi connectivity index (χ0n) is 17.6. The van der Waals surface area contributed by atoms with E-state index in [1.54, 1.807) is 0 Å². The van der Waals surface area contributed by atoms with Gasteiger partial charge in [0, 0.05) is 5.57 Å². The molecule has 3 aromatic carbocycles. The molecule has 142 valence electrons. The molecule has 0 heterocycles. The van der Waals surface area contributed by atoms with Gasteiger partial charge < -0.3 is 0 Å². The summed E-state index contributed by atoms with van der Waals surface area (Å²) in [5.74, 6) is 2.91. The van der Waals surface area contributed by atoms with Gasteiger partial charge in [-0.05, 0) is 61.1 Å². The summed E-state index contributed by atoms with van der Waals surface area (Å²) in [4.78, 5) is 0. The van der Waals surface area contributed by atoms with Crippen molar-refractivity contribution in [2.75, 3.05) is 0 Å². The molecule has 0 amide bonds. The van der Waals surface area contributed by atoms with E-state index in [4.69, 9.17) is 6.42 Å². The van der Waals surface area contributed by atoms with Gasteiger partial charge >= 0.3 is 0 Å². The van der Waals surface area contributed by atoms with Crippen molar-refractivity contribution in [3.8, 4) is 12.3 Å². The van der Waals surface area contributed by atoms with Gasteiger partial charge in [0.05, 0.1) is 5.41 Å². The molecular weight excluding hydrogens is 348 g/mol. The average Bonchev–Trinajstić information content (AvgIpc) is 3.05. The maximum atomic E-state index is 5.90. The molecule has 0 heteroatoms. The van der Waals surface area contributed by atoms with Crippen molar-refractivity contribution >= 4 is 5.57 Å². The molecule has 1 aliphatic carbocycles. The van der Waals surface area contributed by atoms with Crippen LogP contribution in [0.4, 0.5) is 0 Å². The molecule has 0 fully saturated rings. The Labute approximate surface area is 174 Å². The topological polar surface area (TPSA) is 0 Å². The van der Waals surface area contributed by atoms with E-state index in [9.17, 15) is 0 Å². The van der Waals surface area contributed by atoms with Gasteiger partial charge in [-0.1, -0.05) is 95.9 Å². The van der Waals surface area contributed by atoms with Crippen LogP contribution in [0.2, 0.25) is 0 Å². The number of terminal acetylenes is 1. The SMILES string of the molecule is C#CC(C)=C1C(=CC)C(c2ccc(C)cc2)(c2ccc(C)cc2)c2ccccc21. The molecule has 0 N–H and O–H groups in total. The van der Waals surface area contributed by atoms with Crippen LogP contribution in [0.15, 0.2) is 90.0 Å². The lowest BCUT2D eigenvalue weighted by Crippen LogP contribution is -2.28. The molecule has 0 bridgehead atoms. The Hall–Kier alpha value is -3.30. The third kappa shape index (κ3) is 2.78. The number of hydrogen-bond acceptors (Lipinski definition) is 0. The fourth-order valence-corrected chi connectivity index (χ4v) is 4.74. The van der Waals surface area contributed by atoms with Crippen LogP contribution in [0, 0.1) is 26.2 Å². The minimum absolute atomic E-state index is 0.375. The van der Waals surface area contributed by atoms with Crippen LogP contribution in [0.25, 0.3) is 5.57 Å². The minimum atomic E-state index is -0.375. The fraction of sp³-hybridized carbons (Fsp3) is 0.172. The first-order chi connectivity index (χ1) is 14.0. The number of rotatable bonds is 2. The van der Waals surface area contributed by atoms with E-state index < -0.39 is 0 Å². The average molecular weight is 375 g/mol. The third-order valence-electron chi connectivity index (χ3n) is 6.12. The lowest BCUT2D eigenvalue weighted by molar-refractivity contribution is 0.766. The number of hydrogen-bond donors (Lipinski definition) is 0. The van der Waals surface area contributed by atoms with Crippen molar-refractivity contribution in [3.05, 3.63) is 123 Å². The quantitative estimate of drug-likeness (QED) is 0.423. The first-order valence-corrected chi connectivity index (χ1v) is 10.1. The molecule has 0 saturated carbocycles. The molecular formula is C29H26. The van der Waals surface area contributed by atoms with Crippen LogP contribution in [0.3, 0.4) is 0 Å². The van der Waals surface area contributed by atoms with Crippen LogP contribution >= 0.6 is 0 Å². The molecule has 0 radical (unpaired) electrons. The zero-order valence-corrected chi connectivity index (χ0v) is 17.6. The lowest BCUT2D eigenvalue weighted by atomic mass is 9.67. The number of allylic oxidation sites excluding steroid dienone is 4. The number of fused-ring (bicyclic) bond motifs is 1. The highest BCUT2D eigenvalue weighted by Gasteiger charge is 2.48. The summed E-state index contributed by atoms with van der Waals surface area (Å²) in [5.41, 5.74) is 10.6. The van der Waals surface area contributed by atoms with Crippen LogP contribution in [0.5, 0.6) is 0 Å². The van der Waals surface area contributed by atoms with Crippen LogP contribution < -0.4 is 0 Å². The van der Waals surface area contributed by atoms with Gasteiger partial charge in [-0.3, -0.25) is 0 Å². The smallest absolute Gasteiger partial charge is 0.0710 e. The monoisotopic (exact) mass is 374 g/mol. The van der Waals surface area contributed by atoms with Gasteiger partial charge in [-0.25, -0.2) is 0 Å². The Kier molecular flexibility index (Phi) is 4.77. The largest absolute Gasteiger partial charge is 0.115 e. The van der Waals surface area contributed by atoms with Crippen LogP contribution in [-0.4, -0.2) is 0 Å². The van der Waals surface area contributed by atoms with Crippen molar-refractivity contribution < 1.29 is 0 Å². The van der Waals surface area contributed by atoms with E-state index >= 15 is 0 Å². The summed E-state index contributed by atoms with van der Waals surface area (Å²) in [6.45, 7) is 8.45. The fourth-order valence-electron chi connectivity index (χ4n) is 4.74. The van der Waals surface area contributed by atoms with Gasteiger partial charge in [0.25, 0.3) is 0 Å². The van der Waals surface area contributed by atoms with Gasteiger partial charge in [0.2, 0.25) is 0 Å². The second-order valence-corrected chi connectivity index (χ2v) is 7.87. The molecule has 0 nitrogen and oxygen atoms in total. The van der Waals surface area contributed by atoms with Gasteiger partial charge in [0.1, 0.15) is 0 Å². The first kappa shape index (κ1) is 19.0. The van der Waals surface area contributed by atoms with Crippen molar-refractivity contribution in [2.45, 2.75) is 33.1 Å². The minimum Gasteiger partial charge on any atom is -0.115 e. The molecule has 3 aromatic rings. The molecule has 29 heavy (non-hydrogen) atoms. The van der Waals surface area contributed by atoms with E-state index in [1.807, 2.05) is 0 Å². The summed E-state index contributed by atoms with van der Waals surface area (Å²) in [6.07, 6.45) is 8.14. The molecule has 0 saturated heterocycles. The lowest BCUT2D eigenvalue weighted by Gasteiger charge is -2.34. The summed E-state index contributed by atoms with van der Waals surface area (Å²) in [5, 5.41) is 0. The standard InChI is InChI=1S/C29H26/c1-6-22(5)28-25-10-8-9-11-27(25)29(26(28)7-2,23-16-12-20(3)13-17-23)24-18-14-21(4)15-19-24/h1,7-19H,2-5H3. The highest BCUT2D eigenvalue weighted by molar-refractivity contribution is 5.96. The van der Waals surface area contributed by atoms with Crippen molar-refractivity contribution in [2.24, 2.45) is 0 Å². The molecule has 4 rings (SSSR count). The van der Waals surface area contributed by atoms with Gasteiger partial charge in [0.15, 0.2) is 0 Å². The predicted molar refractivity (Wildman–Crippen MR) is 124 cm³/mol. The van der Waals surface area contributed by atoms with E-state index in [0.29, 0.717) is 0 Å².